The van der Waals surface area contributed by atoms with Crippen LogP contribution in [0.4, 0.5) is 0 Å². The highest BCUT2D eigenvalue weighted by molar-refractivity contribution is 5.78. The first kappa shape index (κ1) is 20.3. The van der Waals surface area contributed by atoms with E-state index in [1.54, 1.807) is 0 Å². The van der Waals surface area contributed by atoms with E-state index >= 15 is 0 Å². The van der Waals surface area contributed by atoms with Gasteiger partial charge >= 0.3 is 5.97 Å². The smallest absolute Gasteiger partial charge is 0.323 e. The van der Waals surface area contributed by atoms with E-state index in [0.717, 1.165) is 51.4 Å². The Hall–Kier alpha value is -0.650. The van der Waals surface area contributed by atoms with Crippen LogP contribution in [0.2, 0.25) is 0 Å². The minimum atomic E-state index is -0.863. The molecule has 0 heterocycles. The molecule has 0 saturated carbocycles. The number of nitrogens with one attached hydrogen (secondary N) is 1. The van der Waals surface area contributed by atoms with Gasteiger partial charge in [-0.15, -0.1) is 0 Å². The number of nitrogens with two attached hydrogens (primary N) is 2. The standard InChI is InChI=1S/C16H35N3O2/c1-3-5-7-9-11-16(15(20)21,19-13-14(17)18)12-10-8-6-4-2/h14,19H,3-13,17-18H2,1-2H3,(H,20,21). The Morgan fingerprint density at radius 2 is 1.48 bits per heavy atom. The van der Waals surface area contributed by atoms with Crippen molar-refractivity contribution in [3.05, 3.63) is 0 Å². The maximum Gasteiger partial charge on any atom is 0.323 e. The number of aliphatic carboxylic acids is 1. The van der Waals surface area contributed by atoms with Crippen molar-refractivity contribution < 1.29 is 9.90 Å². The Balaban J connectivity index is 4.58. The van der Waals surface area contributed by atoms with Crippen molar-refractivity contribution >= 4 is 5.97 Å². The third kappa shape index (κ3) is 9.06. The van der Waals surface area contributed by atoms with Crippen molar-refractivity contribution in [1.29, 1.82) is 0 Å². The molecule has 0 rings (SSSR count). The molecule has 0 aliphatic rings. The minimum Gasteiger partial charge on any atom is -0.480 e. The summed E-state index contributed by atoms with van der Waals surface area (Å²) in [6.45, 7) is 4.65. The molecule has 126 valence electrons. The van der Waals surface area contributed by atoms with Gasteiger partial charge in [0.2, 0.25) is 0 Å². The topological polar surface area (TPSA) is 101 Å². The fourth-order valence-electron chi connectivity index (χ4n) is 2.61. The van der Waals surface area contributed by atoms with Crippen LogP contribution in [0.5, 0.6) is 0 Å². The third-order valence-electron chi connectivity index (χ3n) is 4.00. The summed E-state index contributed by atoms with van der Waals surface area (Å²) in [5.41, 5.74) is 10.3. The van der Waals surface area contributed by atoms with Crippen LogP contribution >= 0.6 is 0 Å². The molecule has 5 heteroatoms. The highest BCUT2D eigenvalue weighted by Gasteiger charge is 2.36. The molecular weight excluding hydrogens is 266 g/mol. The van der Waals surface area contributed by atoms with E-state index < -0.39 is 17.7 Å². The summed E-state index contributed by atoms with van der Waals surface area (Å²) < 4.78 is 0. The van der Waals surface area contributed by atoms with Crippen LogP contribution in [0.25, 0.3) is 0 Å². The summed E-state index contributed by atoms with van der Waals surface area (Å²) in [6, 6.07) is 0. The number of hydrogen-bond acceptors (Lipinski definition) is 4. The lowest BCUT2D eigenvalue weighted by Crippen LogP contribution is -2.56. The van der Waals surface area contributed by atoms with Gasteiger partial charge < -0.3 is 16.6 Å². The van der Waals surface area contributed by atoms with E-state index in [4.69, 9.17) is 11.5 Å². The first-order chi connectivity index (χ1) is 9.98. The minimum absolute atomic E-state index is 0.341. The lowest BCUT2D eigenvalue weighted by Gasteiger charge is -2.32. The van der Waals surface area contributed by atoms with Crippen molar-refractivity contribution in [2.75, 3.05) is 6.54 Å². The van der Waals surface area contributed by atoms with Crippen molar-refractivity contribution in [2.45, 2.75) is 89.8 Å². The summed E-state index contributed by atoms with van der Waals surface area (Å²) in [7, 11) is 0. The van der Waals surface area contributed by atoms with Gasteiger partial charge in [-0.05, 0) is 12.8 Å². The SMILES string of the molecule is CCCCCCC(CCCCCC)(NCC(N)N)C(=O)O. The van der Waals surface area contributed by atoms with E-state index in [-0.39, 0.29) is 0 Å². The fraction of sp³-hybridized carbons (Fsp3) is 0.938. The van der Waals surface area contributed by atoms with Gasteiger partial charge in [-0.1, -0.05) is 65.2 Å². The van der Waals surface area contributed by atoms with E-state index in [0.29, 0.717) is 19.4 Å². The number of carbonyl (C=O) groups is 1. The molecule has 5 nitrogen and oxygen atoms in total. The molecule has 0 aliphatic heterocycles. The average molecular weight is 301 g/mol. The molecule has 6 N–H and O–H groups in total. The molecule has 0 spiro atoms. The van der Waals surface area contributed by atoms with Gasteiger partial charge in [0, 0.05) is 6.54 Å². The van der Waals surface area contributed by atoms with Crippen LogP contribution in [0.1, 0.15) is 78.1 Å². The average Bonchev–Trinajstić information content (AvgIpc) is 2.44. The monoisotopic (exact) mass is 301 g/mol. The highest BCUT2D eigenvalue weighted by atomic mass is 16.4. The van der Waals surface area contributed by atoms with Crippen LogP contribution in [0.15, 0.2) is 0 Å². The molecule has 0 aromatic rings. The Kier molecular flexibility index (Phi) is 11.6. The molecule has 21 heavy (non-hydrogen) atoms. The predicted molar refractivity (Wildman–Crippen MR) is 88.1 cm³/mol. The number of unbranched alkanes of at least 4 members (excludes halogenated alkanes) is 6. The number of carboxylic acids is 1. The van der Waals surface area contributed by atoms with Crippen molar-refractivity contribution in [2.24, 2.45) is 11.5 Å². The summed E-state index contributed by atoms with van der Waals surface area (Å²) >= 11 is 0. The molecule has 0 fully saturated rings. The lowest BCUT2D eigenvalue weighted by molar-refractivity contribution is -0.145. The number of carboxylic acid groups (broad SMARTS) is 1. The van der Waals surface area contributed by atoms with Crippen LogP contribution in [-0.4, -0.2) is 29.3 Å². The second kappa shape index (κ2) is 12.0. The first-order valence-electron chi connectivity index (χ1n) is 8.48. The van der Waals surface area contributed by atoms with Crippen molar-refractivity contribution in [1.82, 2.24) is 5.32 Å². The zero-order chi connectivity index (χ0) is 16.1. The largest absolute Gasteiger partial charge is 0.480 e. The molecular formula is C16H35N3O2. The van der Waals surface area contributed by atoms with Crippen LogP contribution in [0.3, 0.4) is 0 Å². The molecule has 0 atom stereocenters. The second-order valence-electron chi connectivity index (χ2n) is 6.05. The second-order valence-corrected chi connectivity index (χ2v) is 6.05. The third-order valence-corrected chi connectivity index (χ3v) is 4.00. The van der Waals surface area contributed by atoms with Gasteiger partial charge in [-0.25, -0.2) is 0 Å². The molecule has 0 bridgehead atoms. The number of hydrogen-bond donors (Lipinski definition) is 4. The van der Waals surface area contributed by atoms with E-state index in [9.17, 15) is 9.90 Å². The molecule has 0 unspecified atom stereocenters. The Morgan fingerprint density at radius 3 is 1.81 bits per heavy atom. The van der Waals surface area contributed by atoms with Gasteiger partial charge in [0.1, 0.15) is 5.54 Å². The van der Waals surface area contributed by atoms with E-state index in [1.165, 1.54) is 0 Å². The predicted octanol–water partition coefficient (Wildman–Crippen LogP) is 2.58. The molecule has 0 amide bonds. The quantitative estimate of drug-likeness (QED) is 0.292. The highest BCUT2D eigenvalue weighted by Crippen LogP contribution is 2.23. The Morgan fingerprint density at radius 1 is 1.00 bits per heavy atom. The van der Waals surface area contributed by atoms with Gasteiger partial charge in [0.05, 0.1) is 6.17 Å². The lowest BCUT2D eigenvalue weighted by atomic mass is 9.86. The van der Waals surface area contributed by atoms with Gasteiger partial charge in [0.25, 0.3) is 0 Å². The zero-order valence-corrected chi connectivity index (χ0v) is 13.9. The van der Waals surface area contributed by atoms with Crippen LogP contribution in [0, 0.1) is 0 Å². The van der Waals surface area contributed by atoms with Crippen LogP contribution in [-0.2, 0) is 4.79 Å². The van der Waals surface area contributed by atoms with Gasteiger partial charge in [-0.3, -0.25) is 10.1 Å². The Bertz CT molecular complexity index is 258. The summed E-state index contributed by atoms with van der Waals surface area (Å²) in [4.78, 5) is 11.8. The Labute approximate surface area is 129 Å². The summed E-state index contributed by atoms with van der Waals surface area (Å²) in [6.07, 6.45) is 9.42. The normalized spacial score (nSPS) is 12.0. The zero-order valence-electron chi connectivity index (χ0n) is 13.9. The van der Waals surface area contributed by atoms with Gasteiger partial charge in [0.15, 0.2) is 0 Å². The van der Waals surface area contributed by atoms with Crippen LogP contribution < -0.4 is 16.8 Å². The molecule has 0 saturated heterocycles. The molecule has 0 radical (unpaired) electrons. The molecule has 0 aromatic carbocycles. The van der Waals surface area contributed by atoms with Gasteiger partial charge in [-0.2, -0.15) is 0 Å². The maximum absolute atomic E-state index is 11.8. The molecule has 0 aromatic heterocycles. The van der Waals surface area contributed by atoms with E-state index in [2.05, 4.69) is 19.2 Å². The first-order valence-corrected chi connectivity index (χ1v) is 8.48. The summed E-state index contributed by atoms with van der Waals surface area (Å²) in [5.74, 6) is -0.767. The van der Waals surface area contributed by atoms with Crippen molar-refractivity contribution in [3.63, 3.8) is 0 Å². The fourth-order valence-corrected chi connectivity index (χ4v) is 2.61. The summed E-state index contributed by atoms with van der Waals surface area (Å²) in [5, 5.41) is 12.8. The molecule has 0 aliphatic carbocycles. The number of rotatable bonds is 14. The maximum atomic E-state index is 11.8. The van der Waals surface area contributed by atoms with E-state index in [1.807, 2.05) is 0 Å². The van der Waals surface area contributed by atoms with Crippen molar-refractivity contribution in [3.8, 4) is 0 Å².